The number of benzene rings is 1. The molecule has 0 aliphatic carbocycles. The number of carbonyl (C=O) groups excluding carboxylic acids is 1. The van der Waals surface area contributed by atoms with Gasteiger partial charge in [-0.2, -0.15) is 0 Å². The van der Waals surface area contributed by atoms with Crippen molar-refractivity contribution in [1.82, 2.24) is 5.32 Å². The van der Waals surface area contributed by atoms with Crippen molar-refractivity contribution in [3.63, 3.8) is 0 Å². The number of nitrogens with two attached hydrogens (primary N) is 1. The van der Waals surface area contributed by atoms with Gasteiger partial charge in [-0.05, 0) is 30.7 Å². The van der Waals surface area contributed by atoms with Gasteiger partial charge >= 0.3 is 0 Å². The molecular formula is C12H16N2O2. The molecule has 1 amide bonds. The van der Waals surface area contributed by atoms with E-state index in [0.29, 0.717) is 23.7 Å². The SMILES string of the molecule is Nc1ccc(C(=O)NC[C@H]2CCOC2)cc1. The van der Waals surface area contributed by atoms with Gasteiger partial charge in [-0.3, -0.25) is 4.79 Å². The number of amides is 1. The molecule has 1 aliphatic heterocycles. The Bertz CT molecular complexity index is 356. The van der Waals surface area contributed by atoms with E-state index in [1.165, 1.54) is 0 Å². The summed E-state index contributed by atoms with van der Waals surface area (Å²) in [4.78, 5) is 11.7. The van der Waals surface area contributed by atoms with Crippen molar-refractivity contribution < 1.29 is 9.53 Å². The Balaban J connectivity index is 1.85. The van der Waals surface area contributed by atoms with Crippen LogP contribution in [0.25, 0.3) is 0 Å². The summed E-state index contributed by atoms with van der Waals surface area (Å²) in [5, 5.41) is 2.90. The fraction of sp³-hybridized carbons (Fsp3) is 0.417. The zero-order valence-electron chi connectivity index (χ0n) is 9.11. The van der Waals surface area contributed by atoms with E-state index in [1.807, 2.05) is 0 Å². The fourth-order valence-corrected chi connectivity index (χ4v) is 1.72. The molecule has 1 fully saturated rings. The van der Waals surface area contributed by atoms with Gasteiger partial charge in [-0.25, -0.2) is 0 Å². The van der Waals surface area contributed by atoms with Crippen LogP contribution in [-0.2, 0) is 4.74 Å². The van der Waals surface area contributed by atoms with Crippen molar-refractivity contribution in [1.29, 1.82) is 0 Å². The van der Waals surface area contributed by atoms with Crippen LogP contribution in [0.4, 0.5) is 5.69 Å². The summed E-state index contributed by atoms with van der Waals surface area (Å²) >= 11 is 0. The lowest BCUT2D eigenvalue weighted by Crippen LogP contribution is -2.29. The summed E-state index contributed by atoms with van der Waals surface area (Å²) in [6.07, 6.45) is 1.03. The molecule has 0 bridgehead atoms. The van der Waals surface area contributed by atoms with Crippen LogP contribution in [0.1, 0.15) is 16.8 Å². The molecule has 0 aromatic heterocycles. The molecule has 16 heavy (non-hydrogen) atoms. The third kappa shape index (κ3) is 2.73. The van der Waals surface area contributed by atoms with Gasteiger partial charge in [0.2, 0.25) is 0 Å². The van der Waals surface area contributed by atoms with Crippen molar-refractivity contribution in [3.8, 4) is 0 Å². The lowest BCUT2D eigenvalue weighted by Gasteiger charge is -2.09. The standard InChI is InChI=1S/C12H16N2O2/c13-11-3-1-10(2-4-11)12(15)14-7-9-5-6-16-8-9/h1-4,9H,5-8,13H2,(H,14,15)/t9-/m1/s1. The predicted octanol–water partition coefficient (Wildman–Crippen LogP) is 1.04. The van der Waals surface area contributed by atoms with Crippen LogP contribution in [0, 0.1) is 5.92 Å². The maximum atomic E-state index is 11.7. The molecule has 0 spiro atoms. The highest BCUT2D eigenvalue weighted by atomic mass is 16.5. The van der Waals surface area contributed by atoms with E-state index in [4.69, 9.17) is 10.5 Å². The van der Waals surface area contributed by atoms with E-state index in [-0.39, 0.29) is 5.91 Å². The third-order valence-corrected chi connectivity index (χ3v) is 2.75. The molecular weight excluding hydrogens is 204 g/mol. The monoisotopic (exact) mass is 220 g/mol. The molecule has 86 valence electrons. The van der Waals surface area contributed by atoms with Crippen molar-refractivity contribution in [2.24, 2.45) is 5.92 Å². The van der Waals surface area contributed by atoms with Gasteiger partial charge in [0.25, 0.3) is 5.91 Å². The molecule has 0 saturated carbocycles. The van der Waals surface area contributed by atoms with Crippen LogP contribution < -0.4 is 11.1 Å². The first-order chi connectivity index (χ1) is 7.75. The molecule has 1 atom stereocenters. The Hall–Kier alpha value is -1.55. The molecule has 4 nitrogen and oxygen atoms in total. The number of anilines is 1. The van der Waals surface area contributed by atoms with Crippen LogP contribution in [-0.4, -0.2) is 25.7 Å². The summed E-state index contributed by atoms with van der Waals surface area (Å²) in [6, 6.07) is 6.92. The molecule has 2 rings (SSSR count). The average Bonchev–Trinajstić information content (AvgIpc) is 2.80. The van der Waals surface area contributed by atoms with Gasteiger partial charge in [-0.15, -0.1) is 0 Å². The van der Waals surface area contributed by atoms with Crippen molar-refractivity contribution in [2.75, 3.05) is 25.5 Å². The second-order valence-electron chi connectivity index (χ2n) is 4.06. The van der Waals surface area contributed by atoms with Crippen molar-refractivity contribution in [3.05, 3.63) is 29.8 Å². The summed E-state index contributed by atoms with van der Waals surface area (Å²) in [5.41, 5.74) is 6.87. The smallest absolute Gasteiger partial charge is 0.251 e. The third-order valence-electron chi connectivity index (χ3n) is 2.75. The maximum absolute atomic E-state index is 11.7. The number of carbonyl (C=O) groups is 1. The maximum Gasteiger partial charge on any atom is 0.251 e. The number of nitrogen functional groups attached to an aromatic ring is 1. The first kappa shape index (κ1) is 11.0. The molecule has 4 heteroatoms. The molecule has 0 unspecified atom stereocenters. The topological polar surface area (TPSA) is 64.4 Å². The lowest BCUT2D eigenvalue weighted by atomic mass is 10.1. The Morgan fingerprint density at radius 3 is 2.81 bits per heavy atom. The Morgan fingerprint density at radius 1 is 1.44 bits per heavy atom. The van der Waals surface area contributed by atoms with E-state index >= 15 is 0 Å². The zero-order valence-corrected chi connectivity index (χ0v) is 9.11. The van der Waals surface area contributed by atoms with E-state index in [0.717, 1.165) is 19.6 Å². The first-order valence-corrected chi connectivity index (χ1v) is 5.47. The fourth-order valence-electron chi connectivity index (χ4n) is 1.72. The van der Waals surface area contributed by atoms with Gasteiger partial charge in [0.05, 0.1) is 6.61 Å². The summed E-state index contributed by atoms with van der Waals surface area (Å²) in [6.45, 7) is 2.24. The zero-order chi connectivity index (χ0) is 11.4. The summed E-state index contributed by atoms with van der Waals surface area (Å²) in [5.74, 6) is 0.407. The lowest BCUT2D eigenvalue weighted by molar-refractivity contribution is 0.0945. The molecule has 3 N–H and O–H groups in total. The van der Waals surface area contributed by atoms with Gasteiger partial charge in [0.1, 0.15) is 0 Å². The van der Waals surface area contributed by atoms with Gasteiger partial charge < -0.3 is 15.8 Å². The second-order valence-corrected chi connectivity index (χ2v) is 4.06. The number of hydrogen-bond donors (Lipinski definition) is 2. The molecule has 1 aromatic rings. The van der Waals surface area contributed by atoms with Gasteiger partial charge in [0, 0.05) is 30.3 Å². The van der Waals surface area contributed by atoms with E-state index in [9.17, 15) is 4.79 Å². The normalized spacial score (nSPS) is 19.6. The second kappa shape index (κ2) is 4.99. The Labute approximate surface area is 94.8 Å². The highest BCUT2D eigenvalue weighted by Crippen LogP contribution is 2.11. The molecule has 1 aliphatic rings. The molecule has 1 heterocycles. The molecule has 0 radical (unpaired) electrons. The van der Waals surface area contributed by atoms with Gasteiger partial charge in [-0.1, -0.05) is 0 Å². The molecule has 1 saturated heterocycles. The van der Waals surface area contributed by atoms with Crippen LogP contribution in [0.15, 0.2) is 24.3 Å². The minimum absolute atomic E-state index is 0.0492. The minimum atomic E-state index is -0.0492. The largest absolute Gasteiger partial charge is 0.399 e. The van der Waals surface area contributed by atoms with Crippen LogP contribution in [0.2, 0.25) is 0 Å². The predicted molar refractivity (Wildman–Crippen MR) is 62.1 cm³/mol. The van der Waals surface area contributed by atoms with E-state index in [2.05, 4.69) is 5.32 Å². The molecule has 1 aromatic carbocycles. The number of rotatable bonds is 3. The van der Waals surface area contributed by atoms with Crippen LogP contribution in [0.3, 0.4) is 0 Å². The number of hydrogen-bond acceptors (Lipinski definition) is 3. The van der Waals surface area contributed by atoms with Crippen LogP contribution in [0.5, 0.6) is 0 Å². The first-order valence-electron chi connectivity index (χ1n) is 5.47. The highest BCUT2D eigenvalue weighted by molar-refractivity contribution is 5.94. The van der Waals surface area contributed by atoms with Gasteiger partial charge in [0.15, 0.2) is 0 Å². The quantitative estimate of drug-likeness (QED) is 0.748. The summed E-state index contributed by atoms with van der Waals surface area (Å²) < 4.78 is 5.24. The summed E-state index contributed by atoms with van der Waals surface area (Å²) in [7, 11) is 0. The number of ether oxygens (including phenoxy) is 1. The average molecular weight is 220 g/mol. The van der Waals surface area contributed by atoms with E-state index in [1.54, 1.807) is 24.3 Å². The van der Waals surface area contributed by atoms with E-state index < -0.39 is 0 Å². The Kier molecular flexibility index (Phi) is 3.41. The van der Waals surface area contributed by atoms with Crippen molar-refractivity contribution >= 4 is 11.6 Å². The van der Waals surface area contributed by atoms with Crippen molar-refractivity contribution in [2.45, 2.75) is 6.42 Å². The minimum Gasteiger partial charge on any atom is -0.399 e. The Morgan fingerprint density at radius 2 is 2.19 bits per heavy atom. The van der Waals surface area contributed by atoms with Crippen LogP contribution >= 0.6 is 0 Å². The highest BCUT2D eigenvalue weighted by Gasteiger charge is 2.16. The number of nitrogens with one attached hydrogen (secondary N) is 1.